The summed E-state index contributed by atoms with van der Waals surface area (Å²) in [6.07, 6.45) is 8.90. The Morgan fingerprint density at radius 2 is 2.21 bits per heavy atom. The second kappa shape index (κ2) is 10.6. The average Bonchev–Trinajstić information content (AvgIpc) is 3.01. The Morgan fingerprint density at radius 3 is 3.03 bits per heavy atom. The van der Waals surface area contributed by atoms with Crippen molar-refractivity contribution < 1.29 is 28.9 Å². The highest BCUT2D eigenvalue weighted by atomic mass is 19.1. The van der Waals surface area contributed by atoms with Gasteiger partial charge in [0.05, 0.1) is 6.10 Å². The highest BCUT2D eigenvalue weighted by Gasteiger charge is 2.42. The number of benzene rings is 1. The summed E-state index contributed by atoms with van der Waals surface area (Å²) in [5, 5.41) is 20.7. The molecule has 158 valence electrons. The molecular weight excluding hydrogens is 375 g/mol. The van der Waals surface area contributed by atoms with E-state index in [0.717, 1.165) is 12.8 Å². The van der Waals surface area contributed by atoms with Gasteiger partial charge in [-0.15, -0.1) is 0 Å². The SMILES string of the molecule is O=C1CCC/C=C\C[C@@H]2[C@@H](/C=C/[C@@H](O)COc3cccc(CF)c3)[C@H](O)C[C@@H]2O1. The number of hydrogen-bond acceptors (Lipinski definition) is 5. The summed E-state index contributed by atoms with van der Waals surface area (Å²) in [5.41, 5.74) is 0.520. The topological polar surface area (TPSA) is 76.0 Å². The molecule has 29 heavy (non-hydrogen) atoms. The number of carbonyl (C=O) groups is 1. The lowest BCUT2D eigenvalue weighted by atomic mass is 9.89. The molecule has 3 rings (SSSR count). The summed E-state index contributed by atoms with van der Waals surface area (Å²) in [4.78, 5) is 12.0. The number of alkyl halides is 1. The van der Waals surface area contributed by atoms with Crippen molar-refractivity contribution in [3.63, 3.8) is 0 Å². The number of ether oxygens (including phenoxy) is 2. The Kier molecular flexibility index (Phi) is 7.83. The lowest BCUT2D eigenvalue weighted by molar-refractivity contribution is -0.151. The molecule has 1 aromatic carbocycles. The summed E-state index contributed by atoms with van der Waals surface area (Å²) in [5.74, 6) is 0.0596. The zero-order valence-electron chi connectivity index (χ0n) is 16.5. The molecule has 6 heteroatoms. The maximum atomic E-state index is 12.7. The molecule has 0 aromatic heterocycles. The van der Waals surface area contributed by atoms with Crippen LogP contribution < -0.4 is 4.74 Å². The van der Waals surface area contributed by atoms with Gasteiger partial charge in [0.1, 0.15) is 31.2 Å². The third kappa shape index (κ3) is 6.15. The second-order valence-electron chi connectivity index (χ2n) is 7.72. The van der Waals surface area contributed by atoms with Crippen molar-refractivity contribution in [2.45, 2.75) is 57.1 Å². The Hall–Kier alpha value is -2.18. The number of aliphatic hydroxyl groups is 2. The number of fused-ring (bicyclic) bond motifs is 1. The van der Waals surface area contributed by atoms with Crippen molar-refractivity contribution in [2.24, 2.45) is 11.8 Å². The molecule has 0 saturated heterocycles. The zero-order chi connectivity index (χ0) is 20.6. The summed E-state index contributed by atoms with van der Waals surface area (Å²) in [7, 11) is 0. The Morgan fingerprint density at radius 1 is 1.34 bits per heavy atom. The molecule has 0 bridgehead atoms. The molecule has 1 aliphatic carbocycles. The van der Waals surface area contributed by atoms with Crippen LogP contribution in [0.1, 0.15) is 37.7 Å². The molecule has 1 saturated carbocycles. The van der Waals surface area contributed by atoms with Gasteiger partial charge in [-0.2, -0.15) is 0 Å². The summed E-state index contributed by atoms with van der Waals surface area (Å²) in [6.45, 7) is -0.543. The van der Waals surface area contributed by atoms with Crippen LogP contribution in [-0.2, 0) is 16.2 Å². The Bertz CT molecular complexity index is 732. The quantitative estimate of drug-likeness (QED) is 0.561. The van der Waals surface area contributed by atoms with E-state index in [1.165, 1.54) is 0 Å². The summed E-state index contributed by atoms with van der Waals surface area (Å²) < 4.78 is 23.9. The van der Waals surface area contributed by atoms with Gasteiger partial charge >= 0.3 is 5.97 Å². The lowest BCUT2D eigenvalue weighted by Crippen LogP contribution is -2.25. The van der Waals surface area contributed by atoms with E-state index >= 15 is 0 Å². The van der Waals surface area contributed by atoms with Crippen LogP contribution in [-0.4, -0.2) is 41.1 Å². The molecule has 2 N–H and O–H groups in total. The number of hydrogen-bond donors (Lipinski definition) is 2. The molecular formula is C23H29FO5. The number of rotatable bonds is 6. The molecule has 2 aliphatic rings. The lowest BCUT2D eigenvalue weighted by Gasteiger charge is -2.23. The first-order valence-electron chi connectivity index (χ1n) is 10.2. The van der Waals surface area contributed by atoms with E-state index in [2.05, 4.69) is 12.2 Å². The molecule has 5 atom stereocenters. The average molecular weight is 404 g/mol. The first-order valence-corrected chi connectivity index (χ1v) is 10.2. The molecule has 1 aromatic rings. The maximum Gasteiger partial charge on any atom is 0.306 e. The van der Waals surface area contributed by atoms with Crippen molar-refractivity contribution in [1.29, 1.82) is 0 Å². The van der Waals surface area contributed by atoms with E-state index in [9.17, 15) is 19.4 Å². The Labute approximate surface area is 170 Å². The van der Waals surface area contributed by atoms with Crippen molar-refractivity contribution in [3.05, 3.63) is 54.1 Å². The minimum absolute atomic E-state index is 0.0195. The van der Waals surface area contributed by atoms with Crippen LogP contribution in [0.25, 0.3) is 0 Å². The largest absolute Gasteiger partial charge is 0.491 e. The number of esters is 1. The van der Waals surface area contributed by atoms with E-state index in [1.54, 1.807) is 36.4 Å². The first-order chi connectivity index (χ1) is 14.1. The highest BCUT2D eigenvalue weighted by molar-refractivity contribution is 5.69. The molecule has 0 radical (unpaired) electrons. The molecule has 1 fully saturated rings. The van der Waals surface area contributed by atoms with Gasteiger partial charge in [-0.1, -0.05) is 36.4 Å². The maximum absolute atomic E-state index is 12.7. The summed E-state index contributed by atoms with van der Waals surface area (Å²) >= 11 is 0. The van der Waals surface area contributed by atoms with E-state index in [0.29, 0.717) is 30.6 Å². The van der Waals surface area contributed by atoms with Gasteiger partial charge < -0.3 is 19.7 Å². The van der Waals surface area contributed by atoms with Crippen LogP contribution in [0.2, 0.25) is 0 Å². The first kappa shape index (κ1) is 21.5. The fourth-order valence-electron chi connectivity index (χ4n) is 3.99. The highest BCUT2D eigenvalue weighted by Crippen LogP contribution is 2.38. The van der Waals surface area contributed by atoms with Crippen molar-refractivity contribution in [3.8, 4) is 5.75 Å². The normalized spacial score (nSPS) is 29.8. The molecule has 1 aliphatic heterocycles. The van der Waals surface area contributed by atoms with Crippen molar-refractivity contribution >= 4 is 5.97 Å². The Balaban J connectivity index is 1.59. The minimum Gasteiger partial charge on any atom is -0.491 e. The fourth-order valence-corrected chi connectivity index (χ4v) is 3.99. The number of aliphatic hydroxyl groups excluding tert-OH is 2. The standard InChI is InChI=1S/C23H29FO5/c24-14-16-6-5-7-18(12-16)28-15-17(25)10-11-19-20-8-3-1-2-4-9-23(27)29-22(20)13-21(19)26/h1,3,5-7,10-12,17,19-22,25-26H,2,4,8-9,13-15H2/b3-1-,11-10+/t17-,19-,20-,21-,22+/m1/s1. The van der Waals surface area contributed by atoms with Gasteiger partial charge in [-0.05, 0) is 37.0 Å². The molecule has 0 unspecified atom stereocenters. The van der Waals surface area contributed by atoms with Crippen molar-refractivity contribution in [2.75, 3.05) is 6.61 Å². The monoisotopic (exact) mass is 404 g/mol. The van der Waals surface area contributed by atoms with E-state index in [1.807, 2.05) is 0 Å². The van der Waals surface area contributed by atoms with Gasteiger partial charge in [-0.3, -0.25) is 4.79 Å². The molecule has 0 spiro atoms. The van der Waals surface area contributed by atoms with Gasteiger partial charge in [0.2, 0.25) is 0 Å². The third-order valence-corrected chi connectivity index (χ3v) is 5.53. The summed E-state index contributed by atoms with van der Waals surface area (Å²) in [6, 6.07) is 6.68. The van der Waals surface area contributed by atoms with Gasteiger partial charge in [-0.25, -0.2) is 4.39 Å². The smallest absolute Gasteiger partial charge is 0.306 e. The van der Waals surface area contributed by atoms with Gasteiger partial charge in [0.25, 0.3) is 0 Å². The van der Waals surface area contributed by atoms with Crippen LogP contribution in [0.5, 0.6) is 5.75 Å². The second-order valence-corrected chi connectivity index (χ2v) is 7.72. The minimum atomic E-state index is -0.868. The molecule has 5 nitrogen and oxygen atoms in total. The number of allylic oxidation sites excluding steroid dienone is 2. The fraction of sp³-hybridized carbons (Fsp3) is 0.522. The molecule has 1 heterocycles. The van der Waals surface area contributed by atoms with E-state index < -0.39 is 18.9 Å². The third-order valence-electron chi connectivity index (χ3n) is 5.53. The van der Waals surface area contributed by atoms with E-state index in [-0.39, 0.29) is 30.5 Å². The van der Waals surface area contributed by atoms with Crippen LogP contribution in [0.15, 0.2) is 48.6 Å². The van der Waals surface area contributed by atoms with Crippen LogP contribution in [0, 0.1) is 11.8 Å². The van der Waals surface area contributed by atoms with Crippen LogP contribution in [0.3, 0.4) is 0 Å². The number of halogens is 1. The zero-order valence-corrected chi connectivity index (χ0v) is 16.5. The predicted octanol–water partition coefficient (Wildman–Crippen LogP) is 3.49. The van der Waals surface area contributed by atoms with Gasteiger partial charge in [0.15, 0.2) is 0 Å². The molecule has 0 amide bonds. The van der Waals surface area contributed by atoms with Gasteiger partial charge in [0, 0.05) is 24.7 Å². The van der Waals surface area contributed by atoms with Crippen molar-refractivity contribution in [1.82, 2.24) is 0 Å². The van der Waals surface area contributed by atoms with E-state index in [4.69, 9.17) is 9.47 Å². The van der Waals surface area contributed by atoms with Crippen LogP contribution >= 0.6 is 0 Å². The predicted molar refractivity (Wildman–Crippen MR) is 107 cm³/mol. The van der Waals surface area contributed by atoms with Crippen LogP contribution in [0.4, 0.5) is 4.39 Å². The number of carbonyl (C=O) groups excluding carboxylic acids is 1.